The number of ether oxygens (including phenoxy) is 1. The molecule has 3 nitrogen and oxygen atoms in total. The summed E-state index contributed by atoms with van der Waals surface area (Å²) >= 11 is 0. The van der Waals surface area contributed by atoms with Gasteiger partial charge in [0, 0.05) is 6.54 Å². The van der Waals surface area contributed by atoms with Gasteiger partial charge in [-0.1, -0.05) is 43.5 Å². The Labute approximate surface area is 114 Å². The summed E-state index contributed by atoms with van der Waals surface area (Å²) in [5, 5.41) is 2.84. The third kappa shape index (κ3) is 5.25. The van der Waals surface area contributed by atoms with Crippen LogP contribution in [0.15, 0.2) is 61.2 Å². The molecule has 1 aromatic rings. The van der Waals surface area contributed by atoms with Crippen LogP contribution >= 0.6 is 0 Å². The van der Waals surface area contributed by atoms with Gasteiger partial charge in [-0.05, 0) is 23.3 Å². The molecule has 1 N–H and O–H groups in total. The fraction of sp³-hybridized carbons (Fsp3) is 0.188. The Balaban J connectivity index is 2.48. The van der Waals surface area contributed by atoms with E-state index < -0.39 is 0 Å². The molecule has 0 fully saturated rings. The van der Waals surface area contributed by atoms with Crippen molar-refractivity contribution in [1.29, 1.82) is 0 Å². The normalized spacial score (nSPS) is 10.7. The summed E-state index contributed by atoms with van der Waals surface area (Å²) in [7, 11) is 1.62. The second-order valence-corrected chi connectivity index (χ2v) is 3.98. The third-order valence-electron chi connectivity index (χ3n) is 2.61. The van der Waals surface area contributed by atoms with Crippen molar-refractivity contribution in [3.63, 3.8) is 0 Å². The van der Waals surface area contributed by atoms with Crippen molar-refractivity contribution in [1.82, 2.24) is 5.32 Å². The molecule has 0 atom stereocenters. The molecule has 0 heterocycles. The first kappa shape index (κ1) is 14.8. The highest BCUT2D eigenvalue weighted by atomic mass is 16.5. The Bertz CT molecular complexity index is 472. The summed E-state index contributed by atoms with van der Waals surface area (Å²) in [4.78, 5) is 11.8. The number of methoxy groups -OCH3 is 1. The summed E-state index contributed by atoms with van der Waals surface area (Å²) in [6, 6.07) is 7.45. The molecule has 0 aliphatic heterocycles. The van der Waals surface area contributed by atoms with Crippen LogP contribution < -0.4 is 10.1 Å². The minimum Gasteiger partial charge on any atom is -0.497 e. The number of rotatable bonds is 7. The minimum absolute atomic E-state index is 0.0259. The van der Waals surface area contributed by atoms with Crippen molar-refractivity contribution < 1.29 is 9.53 Å². The van der Waals surface area contributed by atoms with E-state index in [0.717, 1.165) is 16.9 Å². The maximum Gasteiger partial charge on any atom is 0.224 e. The van der Waals surface area contributed by atoms with Crippen LogP contribution in [-0.4, -0.2) is 19.6 Å². The number of hydrogen-bond acceptors (Lipinski definition) is 2. The van der Waals surface area contributed by atoms with Gasteiger partial charge in [0.1, 0.15) is 5.75 Å². The Kier molecular flexibility index (Phi) is 6.16. The van der Waals surface area contributed by atoms with Crippen LogP contribution in [0.4, 0.5) is 0 Å². The van der Waals surface area contributed by atoms with Crippen molar-refractivity contribution in [3.05, 3.63) is 66.8 Å². The lowest BCUT2D eigenvalue weighted by Crippen LogP contribution is -2.26. The van der Waals surface area contributed by atoms with Gasteiger partial charge in [-0.25, -0.2) is 0 Å². The number of amides is 1. The smallest absolute Gasteiger partial charge is 0.224 e. The average Bonchev–Trinajstić information content (AvgIpc) is 2.44. The predicted octanol–water partition coefficient (Wildman–Crippen LogP) is 2.65. The highest BCUT2D eigenvalue weighted by molar-refractivity contribution is 5.78. The van der Waals surface area contributed by atoms with Crippen LogP contribution in [-0.2, 0) is 11.2 Å². The van der Waals surface area contributed by atoms with E-state index in [1.807, 2.05) is 30.3 Å². The van der Waals surface area contributed by atoms with Gasteiger partial charge in [0.05, 0.1) is 13.5 Å². The van der Waals surface area contributed by atoms with E-state index >= 15 is 0 Å². The summed E-state index contributed by atoms with van der Waals surface area (Å²) in [6.07, 6.45) is 5.55. The minimum atomic E-state index is -0.0259. The van der Waals surface area contributed by atoms with E-state index in [9.17, 15) is 4.79 Å². The number of carbonyl (C=O) groups excluding carboxylic acids is 1. The molecule has 0 spiro atoms. The van der Waals surface area contributed by atoms with Gasteiger partial charge < -0.3 is 10.1 Å². The van der Waals surface area contributed by atoms with Crippen molar-refractivity contribution in [3.8, 4) is 5.75 Å². The van der Waals surface area contributed by atoms with Crippen LogP contribution in [0, 0.1) is 0 Å². The number of carbonyl (C=O) groups is 1. The van der Waals surface area contributed by atoms with Crippen LogP contribution in [0.5, 0.6) is 5.75 Å². The summed E-state index contributed by atoms with van der Waals surface area (Å²) < 4.78 is 5.07. The van der Waals surface area contributed by atoms with Crippen LogP contribution in [0.25, 0.3) is 0 Å². The molecule has 1 amide bonds. The Morgan fingerprint density at radius 2 is 2.00 bits per heavy atom. The molecule has 0 aliphatic rings. The first-order valence-electron chi connectivity index (χ1n) is 6.03. The van der Waals surface area contributed by atoms with Crippen molar-refractivity contribution in [2.24, 2.45) is 0 Å². The van der Waals surface area contributed by atoms with Gasteiger partial charge in [0.2, 0.25) is 5.91 Å². The molecule has 0 saturated carbocycles. The lowest BCUT2D eigenvalue weighted by atomic mass is 10.1. The molecular formula is C16H19NO2. The monoisotopic (exact) mass is 257 g/mol. The van der Waals surface area contributed by atoms with E-state index in [0.29, 0.717) is 13.0 Å². The largest absolute Gasteiger partial charge is 0.497 e. The maximum atomic E-state index is 11.8. The zero-order valence-corrected chi connectivity index (χ0v) is 11.2. The molecule has 0 radical (unpaired) electrons. The van der Waals surface area contributed by atoms with E-state index in [1.54, 1.807) is 19.3 Å². The molecule has 1 rings (SSSR count). The third-order valence-corrected chi connectivity index (χ3v) is 2.61. The SMILES string of the molecule is C=C/C=C(\C=C)CNC(=O)Cc1ccc(OC)cc1. The van der Waals surface area contributed by atoms with Crippen molar-refractivity contribution in [2.75, 3.05) is 13.7 Å². The predicted molar refractivity (Wildman–Crippen MR) is 78.2 cm³/mol. The molecule has 0 saturated heterocycles. The van der Waals surface area contributed by atoms with Gasteiger partial charge in [0.15, 0.2) is 0 Å². The molecule has 0 aromatic heterocycles. The number of hydrogen-bond donors (Lipinski definition) is 1. The number of benzene rings is 1. The highest BCUT2D eigenvalue weighted by Gasteiger charge is 2.03. The molecule has 0 bridgehead atoms. The standard InChI is InChI=1S/C16H19NO2/c1-4-6-13(5-2)12-17-16(18)11-14-7-9-15(19-3)10-8-14/h4-10H,1-2,11-12H2,3H3,(H,17,18)/b13-6+. The fourth-order valence-corrected chi connectivity index (χ4v) is 1.54. The second kappa shape index (κ2) is 7.93. The quantitative estimate of drug-likeness (QED) is 0.763. The molecule has 19 heavy (non-hydrogen) atoms. The van der Waals surface area contributed by atoms with Crippen molar-refractivity contribution in [2.45, 2.75) is 6.42 Å². The number of nitrogens with one attached hydrogen (secondary N) is 1. The van der Waals surface area contributed by atoms with E-state index in [1.165, 1.54) is 0 Å². The summed E-state index contributed by atoms with van der Waals surface area (Å²) in [6.45, 7) is 7.75. The summed E-state index contributed by atoms with van der Waals surface area (Å²) in [5.41, 5.74) is 1.88. The van der Waals surface area contributed by atoms with Gasteiger partial charge in [-0.2, -0.15) is 0 Å². The molecule has 0 aliphatic carbocycles. The topological polar surface area (TPSA) is 38.3 Å². The van der Waals surface area contributed by atoms with E-state index in [-0.39, 0.29) is 5.91 Å². The Morgan fingerprint density at radius 1 is 1.32 bits per heavy atom. The molecular weight excluding hydrogens is 238 g/mol. The van der Waals surface area contributed by atoms with Crippen molar-refractivity contribution >= 4 is 5.91 Å². The number of allylic oxidation sites excluding steroid dienone is 2. The van der Waals surface area contributed by atoms with Gasteiger partial charge in [-0.15, -0.1) is 0 Å². The lowest BCUT2D eigenvalue weighted by molar-refractivity contribution is -0.120. The van der Waals surface area contributed by atoms with E-state index in [4.69, 9.17) is 4.74 Å². The molecule has 1 aromatic carbocycles. The molecule has 100 valence electrons. The fourth-order valence-electron chi connectivity index (χ4n) is 1.54. The first-order valence-corrected chi connectivity index (χ1v) is 6.03. The van der Waals surface area contributed by atoms with Crippen LogP contribution in [0.2, 0.25) is 0 Å². The van der Waals surface area contributed by atoms with Gasteiger partial charge in [-0.3, -0.25) is 4.79 Å². The van der Waals surface area contributed by atoms with Crippen LogP contribution in [0.1, 0.15) is 5.56 Å². The zero-order chi connectivity index (χ0) is 14.1. The highest BCUT2D eigenvalue weighted by Crippen LogP contribution is 2.11. The summed E-state index contributed by atoms with van der Waals surface area (Å²) in [5.74, 6) is 0.758. The maximum absolute atomic E-state index is 11.8. The Hall–Kier alpha value is -2.29. The Morgan fingerprint density at radius 3 is 2.53 bits per heavy atom. The second-order valence-electron chi connectivity index (χ2n) is 3.98. The van der Waals surface area contributed by atoms with E-state index in [2.05, 4.69) is 18.5 Å². The zero-order valence-electron chi connectivity index (χ0n) is 11.2. The van der Waals surface area contributed by atoms with Crippen LogP contribution in [0.3, 0.4) is 0 Å². The molecule has 3 heteroatoms. The first-order chi connectivity index (χ1) is 9.19. The van der Waals surface area contributed by atoms with Gasteiger partial charge >= 0.3 is 0 Å². The average molecular weight is 257 g/mol. The lowest BCUT2D eigenvalue weighted by Gasteiger charge is -2.06. The molecule has 0 unspecified atom stereocenters. The van der Waals surface area contributed by atoms with Gasteiger partial charge in [0.25, 0.3) is 0 Å².